The summed E-state index contributed by atoms with van der Waals surface area (Å²) in [5.41, 5.74) is 2.61. The molecule has 0 spiro atoms. The molecule has 53 heavy (non-hydrogen) atoms. The van der Waals surface area contributed by atoms with Gasteiger partial charge in [0, 0.05) is 37.7 Å². The van der Waals surface area contributed by atoms with Gasteiger partial charge in [-0.15, -0.1) is 6.58 Å². The highest BCUT2D eigenvalue weighted by atomic mass is 16.7. The lowest BCUT2D eigenvalue weighted by Gasteiger charge is -2.59. The molecule has 2 aliphatic heterocycles. The molecule has 2 aliphatic carbocycles. The topological polar surface area (TPSA) is 149 Å². The van der Waals surface area contributed by atoms with Gasteiger partial charge in [0.25, 0.3) is 0 Å². The van der Waals surface area contributed by atoms with Gasteiger partial charge in [0.05, 0.1) is 25.3 Å². The summed E-state index contributed by atoms with van der Waals surface area (Å²) >= 11 is 0. The number of aliphatic hydroxyl groups is 2. The predicted octanol–water partition coefficient (Wildman–Crippen LogP) is 6.82. The van der Waals surface area contributed by atoms with Crippen LogP contribution in [0.2, 0.25) is 0 Å². The van der Waals surface area contributed by atoms with E-state index in [-0.39, 0.29) is 63.1 Å². The fourth-order valence-electron chi connectivity index (χ4n) is 8.50. The highest BCUT2D eigenvalue weighted by Gasteiger charge is 2.65. The lowest BCUT2D eigenvalue weighted by atomic mass is 9.55. The summed E-state index contributed by atoms with van der Waals surface area (Å²) in [5, 5.41) is 35.3. The summed E-state index contributed by atoms with van der Waals surface area (Å²) in [6.07, 6.45) is 8.13. The van der Waals surface area contributed by atoms with Gasteiger partial charge in [0.2, 0.25) is 12.6 Å². The van der Waals surface area contributed by atoms with E-state index >= 15 is 0 Å². The van der Waals surface area contributed by atoms with Crippen LogP contribution in [0.5, 0.6) is 23.0 Å². The molecule has 6 atom stereocenters. The van der Waals surface area contributed by atoms with Crippen molar-refractivity contribution in [1.29, 1.82) is 0 Å². The second-order valence-corrected chi connectivity index (χ2v) is 15.3. The number of benzene rings is 2. The van der Waals surface area contributed by atoms with Crippen LogP contribution in [-0.4, -0.2) is 83.2 Å². The number of fused-ring (bicyclic) bond motifs is 3. The van der Waals surface area contributed by atoms with Crippen LogP contribution in [0.1, 0.15) is 82.8 Å². The Morgan fingerprint density at radius 2 is 1.77 bits per heavy atom. The number of ether oxygens (including phenoxy) is 5. The van der Waals surface area contributed by atoms with Crippen molar-refractivity contribution in [3.8, 4) is 23.0 Å². The molecule has 1 amide bonds. The van der Waals surface area contributed by atoms with Gasteiger partial charge >= 0.3 is 6.09 Å². The Bertz CT molecular complexity index is 1680. The molecule has 12 heteroatoms. The van der Waals surface area contributed by atoms with Gasteiger partial charge in [-0.2, -0.15) is 0 Å². The smallest absolute Gasteiger partial charge is 0.410 e. The lowest BCUT2D eigenvalue weighted by molar-refractivity contribution is -0.256. The number of unbranched alkanes of at least 4 members (excludes halogenated alkanes) is 2. The Kier molecular flexibility index (Phi) is 11.9. The normalized spacial score (nSPS) is 26.2. The van der Waals surface area contributed by atoms with Crippen LogP contribution in [0.25, 0.3) is 0 Å². The summed E-state index contributed by atoms with van der Waals surface area (Å²) in [4.78, 5) is 21.9. The van der Waals surface area contributed by atoms with Gasteiger partial charge < -0.3 is 43.8 Å². The number of amides is 1. The van der Waals surface area contributed by atoms with Gasteiger partial charge in [-0.1, -0.05) is 36.2 Å². The molecule has 0 unspecified atom stereocenters. The third-order valence-electron chi connectivity index (χ3n) is 10.7. The Morgan fingerprint density at radius 1 is 1.04 bits per heavy atom. The van der Waals surface area contributed by atoms with Crippen molar-refractivity contribution in [3.05, 3.63) is 71.8 Å². The number of rotatable bonds is 15. The maximum Gasteiger partial charge on any atom is 0.410 e. The molecule has 12 nitrogen and oxygen atoms in total. The standard InChI is InChI=1S/C41H54N2O10/c1-6-19-51-41-36(43(39(47)48-5)24-26-13-15-34-35(20-26)50-25-49-34)23-32(42-53-40(2,3)4)30-21-27(11-7-9-17-44)29(12-8-10-18-45)37(38(30)41)31-22-28(46)14-16-33(31)52-41/h6,13-16,20-22,27,29,36-38,44-46H,1,7-12,17-19,23-25H2,2-5H3/t27-,29+,36-,37+,38+,41+/m0/s1. The molecular formula is C41H54N2O10. The summed E-state index contributed by atoms with van der Waals surface area (Å²) in [5.74, 6) is -0.205. The molecule has 2 aromatic rings. The van der Waals surface area contributed by atoms with Crippen LogP contribution in [-0.2, 0) is 20.9 Å². The van der Waals surface area contributed by atoms with Gasteiger partial charge in [0.1, 0.15) is 23.1 Å². The van der Waals surface area contributed by atoms with Gasteiger partial charge in [0.15, 0.2) is 11.5 Å². The molecular weight excluding hydrogens is 680 g/mol. The van der Waals surface area contributed by atoms with Crippen LogP contribution in [0.15, 0.2) is 65.9 Å². The number of carbonyl (C=O) groups is 1. The van der Waals surface area contributed by atoms with Gasteiger partial charge in [-0.25, -0.2) is 4.79 Å². The number of aliphatic hydroxyl groups excluding tert-OH is 2. The van der Waals surface area contributed by atoms with E-state index in [1.807, 2.05) is 39.0 Å². The fourth-order valence-corrected chi connectivity index (χ4v) is 8.50. The van der Waals surface area contributed by atoms with Crippen molar-refractivity contribution in [3.63, 3.8) is 0 Å². The first-order valence-electron chi connectivity index (χ1n) is 18.7. The van der Waals surface area contributed by atoms with E-state index in [1.165, 1.54) is 7.11 Å². The zero-order chi connectivity index (χ0) is 37.8. The minimum atomic E-state index is -1.45. The zero-order valence-corrected chi connectivity index (χ0v) is 31.3. The first-order valence-corrected chi connectivity index (χ1v) is 18.7. The summed E-state index contributed by atoms with van der Waals surface area (Å²) < 4.78 is 30.8. The summed E-state index contributed by atoms with van der Waals surface area (Å²) in [6.45, 7) is 10.3. The van der Waals surface area contributed by atoms with E-state index in [0.717, 1.165) is 42.4 Å². The molecule has 0 saturated heterocycles. The fraction of sp³-hybridized carbons (Fsp3) is 0.561. The van der Waals surface area contributed by atoms with E-state index in [2.05, 4.69) is 12.7 Å². The Balaban J connectivity index is 1.58. The maximum absolute atomic E-state index is 14.1. The van der Waals surface area contributed by atoms with Crippen LogP contribution in [0, 0.1) is 17.8 Å². The first kappa shape index (κ1) is 38.5. The van der Waals surface area contributed by atoms with E-state index < -0.39 is 29.4 Å². The minimum absolute atomic E-state index is 0.0362. The third kappa shape index (κ3) is 8.00. The van der Waals surface area contributed by atoms with Crippen LogP contribution < -0.4 is 14.2 Å². The number of nitrogens with zero attached hydrogens (tertiary/aromatic N) is 2. The Labute approximate surface area is 312 Å². The largest absolute Gasteiger partial charge is 0.508 e. The van der Waals surface area contributed by atoms with E-state index in [1.54, 1.807) is 29.2 Å². The van der Waals surface area contributed by atoms with E-state index in [0.29, 0.717) is 35.8 Å². The molecule has 3 N–H and O–H groups in total. The second-order valence-electron chi connectivity index (χ2n) is 15.3. The average Bonchev–Trinajstić information content (AvgIpc) is 3.61. The minimum Gasteiger partial charge on any atom is -0.508 e. The highest BCUT2D eigenvalue weighted by molar-refractivity contribution is 6.03. The third-order valence-corrected chi connectivity index (χ3v) is 10.7. The molecule has 1 fully saturated rings. The molecule has 2 heterocycles. The molecule has 0 radical (unpaired) electrons. The van der Waals surface area contributed by atoms with E-state index in [4.69, 9.17) is 33.7 Å². The monoisotopic (exact) mass is 734 g/mol. The number of methoxy groups -OCH3 is 1. The maximum atomic E-state index is 14.1. The van der Waals surface area contributed by atoms with Crippen LogP contribution in [0.4, 0.5) is 4.79 Å². The molecule has 0 aromatic heterocycles. The lowest BCUT2D eigenvalue weighted by Crippen LogP contribution is -2.70. The average molecular weight is 735 g/mol. The van der Waals surface area contributed by atoms with Gasteiger partial charge in [-0.05, 0) is 99.8 Å². The van der Waals surface area contributed by atoms with Crippen molar-refractivity contribution in [2.24, 2.45) is 22.9 Å². The number of phenolic OH excluding ortho intramolecular Hbond substituents is 1. The summed E-state index contributed by atoms with van der Waals surface area (Å²) in [6, 6.07) is 9.95. The van der Waals surface area contributed by atoms with Crippen molar-refractivity contribution in [1.82, 2.24) is 4.90 Å². The Hall–Kier alpha value is -4.26. The predicted molar refractivity (Wildman–Crippen MR) is 198 cm³/mol. The van der Waals surface area contributed by atoms with Gasteiger partial charge in [-0.3, -0.25) is 4.90 Å². The van der Waals surface area contributed by atoms with Crippen LogP contribution in [0.3, 0.4) is 0 Å². The zero-order valence-electron chi connectivity index (χ0n) is 31.3. The molecule has 6 rings (SSSR count). The number of carbonyl (C=O) groups excluding carboxylic acids is 1. The van der Waals surface area contributed by atoms with Crippen molar-refractivity contribution < 1.29 is 48.6 Å². The molecule has 0 bridgehead atoms. The molecule has 2 aromatic carbocycles. The Morgan fingerprint density at radius 3 is 2.49 bits per heavy atom. The molecule has 4 aliphatic rings. The summed E-state index contributed by atoms with van der Waals surface area (Å²) in [7, 11) is 1.36. The van der Waals surface area contributed by atoms with Crippen molar-refractivity contribution >= 4 is 11.8 Å². The number of oxime groups is 1. The number of allylic oxidation sites excluding steroid dienone is 1. The number of aromatic hydroxyl groups is 1. The number of hydrogen-bond donors (Lipinski definition) is 3. The first-order chi connectivity index (χ1) is 25.5. The number of hydrogen-bond acceptors (Lipinski definition) is 11. The highest BCUT2D eigenvalue weighted by Crippen LogP contribution is 2.62. The van der Waals surface area contributed by atoms with Crippen LogP contribution >= 0.6 is 0 Å². The van der Waals surface area contributed by atoms with Crippen molar-refractivity contribution in [2.75, 3.05) is 33.7 Å². The number of phenols is 1. The SMILES string of the molecule is C=CCO[C@@]12Oc3ccc(O)cc3[C@H]3[C@H](CCCCO)[C@@H](CCCCO)C=C(C(=NOC(C)(C)C)C[C@@H]1N(Cc1ccc4c(c1)OCO4)C(=O)OC)[C@H]32. The second kappa shape index (κ2) is 16.4. The molecule has 1 saturated carbocycles. The quantitative estimate of drug-likeness (QED) is 0.101. The van der Waals surface area contributed by atoms with E-state index in [9.17, 15) is 20.1 Å². The van der Waals surface area contributed by atoms with Crippen molar-refractivity contribution in [2.45, 2.75) is 95.6 Å². The molecule has 288 valence electrons.